The van der Waals surface area contributed by atoms with Crippen molar-refractivity contribution in [3.05, 3.63) is 40.6 Å². The summed E-state index contributed by atoms with van der Waals surface area (Å²) >= 11 is 0. The smallest absolute Gasteiger partial charge is 0.254 e. The van der Waals surface area contributed by atoms with E-state index in [4.69, 9.17) is 0 Å². The van der Waals surface area contributed by atoms with Gasteiger partial charge in [0.1, 0.15) is 0 Å². The predicted molar refractivity (Wildman–Crippen MR) is 96.3 cm³/mol. The third-order valence-electron chi connectivity index (χ3n) is 5.31. The fourth-order valence-electron chi connectivity index (χ4n) is 3.62. The Hall–Kier alpha value is -1.94. The number of pyridine rings is 1. The van der Waals surface area contributed by atoms with Gasteiger partial charge < -0.3 is 10.0 Å². The number of amides is 1. The number of aliphatic hydroxyl groups is 1. The van der Waals surface area contributed by atoms with Gasteiger partial charge in [-0.25, -0.2) is 0 Å². The lowest BCUT2D eigenvalue weighted by atomic mass is 9.82. The van der Waals surface area contributed by atoms with Crippen molar-refractivity contribution in [3.63, 3.8) is 0 Å². The monoisotopic (exact) mass is 326 g/mol. The largest absolute Gasteiger partial charge is 0.396 e. The summed E-state index contributed by atoms with van der Waals surface area (Å²) in [5.74, 6) is 0.0492. The lowest BCUT2D eigenvalue weighted by Crippen LogP contribution is -2.46. The van der Waals surface area contributed by atoms with Gasteiger partial charge in [0.25, 0.3) is 5.91 Å². The normalized spacial score (nSPS) is 21.3. The van der Waals surface area contributed by atoms with Crippen LogP contribution >= 0.6 is 0 Å². The second-order valence-corrected chi connectivity index (χ2v) is 7.51. The van der Waals surface area contributed by atoms with E-state index in [1.54, 1.807) is 0 Å². The average Bonchev–Trinajstić information content (AvgIpc) is 2.57. The predicted octanol–water partition coefficient (Wildman–Crippen LogP) is 3.39. The molecular weight excluding hydrogens is 300 g/mol. The van der Waals surface area contributed by atoms with Crippen molar-refractivity contribution in [2.75, 3.05) is 19.7 Å². The summed E-state index contributed by atoms with van der Waals surface area (Å²) in [6.07, 6.45) is 1.89. The number of likely N-dealkylation sites (tertiary alicyclic amines) is 1. The Balaban J connectivity index is 2.06. The number of hydrogen-bond acceptors (Lipinski definition) is 3. The maximum absolute atomic E-state index is 13.2. The molecule has 1 saturated heterocycles. The van der Waals surface area contributed by atoms with E-state index in [-0.39, 0.29) is 17.9 Å². The van der Waals surface area contributed by atoms with E-state index in [1.165, 1.54) is 5.56 Å². The number of fused-ring (bicyclic) bond motifs is 1. The van der Waals surface area contributed by atoms with Crippen LogP contribution in [-0.4, -0.2) is 40.6 Å². The van der Waals surface area contributed by atoms with Crippen molar-refractivity contribution in [1.29, 1.82) is 0 Å². The van der Waals surface area contributed by atoms with Crippen LogP contribution in [0.3, 0.4) is 0 Å². The van der Waals surface area contributed by atoms with Gasteiger partial charge >= 0.3 is 0 Å². The standard InChI is InChI=1S/C20H26N2O2/c1-13-6-7-16-17(10-14(2)21-18(16)15(13)3)19(24)22-9-5-8-20(4,11-22)12-23/h6-7,10,23H,5,8-9,11-12H2,1-4H3/t20-/m0/s1. The zero-order valence-electron chi connectivity index (χ0n) is 15.0. The molecule has 3 rings (SSSR count). The molecule has 0 saturated carbocycles. The Bertz CT molecular complexity index is 800. The highest BCUT2D eigenvalue weighted by atomic mass is 16.3. The summed E-state index contributed by atoms with van der Waals surface area (Å²) in [5, 5.41) is 10.6. The molecule has 1 N–H and O–H groups in total. The molecule has 1 aromatic carbocycles. The summed E-state index contributed by atoms with van der Waals surface area (Å²) in [4.78, 5) is 19.7. The summed E-state index contributed by atoms with van der Waals surface area (Å²) in [6.45, 7) is 9.59. The van der Waals surface area contributed by atoms with Crippen LogP contribution in [0.2, 0.25) is 0 Å². The maximum atomic E-state index is 13.2. The molecule has 0 unspecified atom stereocenters. The van der Waals surface area contributed by atoms with Crippen LogP contribution in [0.15, 0.2) is 18.2 Å². The van der Waals surface area contributed by atoms with Gasteiger partial charge in [0.15, 0.2) is 0 Å². The zero-order valence-corrected chi connectivity index (χ0v) is 15.0. The van der Waals surface area contributed by atoms with Crippen LogP contribution in [-0.2, 0) is 0 Å². The van der Waals surface area contributed by atoms with Crippen LogP contribution in [0, 0.1) is 26.2 Å². The number of piperidine rings is 1. The molecule has 1 aliphatic rings. The van der Waals surface area contributed by atoms with Gasteiger partial charge in [-0.1, -0.05) is 19.1 Å². The van der Waals surface area contributed by atoms with E-state index in [0.29, 0.717) is 6.54 Å². The minimum absolute atomic E-state index is 0.0492. The molecule has 2 heterocycles. The van der Waals surface area contributed by atoms with E-state index < -0.39 is 0 Å². The highest BCUT2D eigenvalue weighted by molar-refractivity contribution is 6.07. The Labute approximate surface area is 143 Å². The highest BCUT2D eigenvalue weighted by Crippen LogP contribution is 2.31. The molecule has 2 aromatic rings. The van der Waals surface area contributed by atoms with Gasteiger partial charge in [0.05, 0.1) is 17.7 Å². The molecule has 0 aliphatic carbocycles. The number of aromatic nitrogens is 1. The van der Waals surface area contributed by atoms with Crippen molar-refractivity contribution < 1.29 is 9.90 Å². The summed E-state index contributed by atoms with van der Waals surface area (Å²) in [6, 6.07) is 5.95. The third-order valence-corrected chi connectivity index (χ3v) is 5.31. The zero-order chi connectivity index (χ0) is 17.5. The average molecular weight is 326 g/mol. The first-order valence-electron chi connectivity index (χ1n) is 8.62. The molecule has 1 amide bonds. The van der Waals surface area contributed by atoms with Gasteiger partial charge in [0, 0.05) is 29.6 Å². The Morgan fingerprint density at radius 3 is 2.79 bits per heavy atom. The highest BCUT2D eigenvalue weighted by Gasteiger charge is 2.33. The first kappa shape index (κ1) is 16.9. The van der Waals surface area contributed by atoms with E-state index >= 15 is 0 Å². The van der Waals surface area contributed by atoms with Crippen molar-refractivity contribution in [2.24, 2.45) is 5.41 Å². The number of carbonyl (C=O) groups excluding carboxylic acids is 1. The second kappa shape index (κ2) is 6.17. The number of carbonyl (C=O) groups is 1. The van der Waals surface area contributed by atoms with Crippen LogP contribution in [0.1, 0.15) is 46.9 Å². The summed E-state index contributed by atoms with van der Waals surface area (Å²) in [7, 11) is 0. The molecule has 0 radical (unpaired) electrons. The van der Waals surface area contributed by atoms with Crippen molar-refractivity contribution >= 4 is 16.8 Å². The molecule has 1 fully saturated rings. The van der Waals surface area contributed by atoms with Crippen molar-refractivity contribution in [3.8, 4) is 0 Å². The van der Waals surface area contributed by atoms with Crippen LogP contribution in [0.4, 0.5) is 0 Å². The van der Waals surface area contributed by atoms with Crippen molar-refractivity contribution in [2.45, 2.75) is 40.5 Å². The number of benzene rings is 1. The molecule has 24 heavy (non-hydrogen) atoms. The third kappa shape index (κ3) is 2.91. The lowest BCUT2D eigenvalue weighted by Gasteiger charge is -2.39. The van der Waals surface area contributed by atoms with Gasteiger partial charge in [-0.3, -0.25) is 9.78 Å². The minimum Gasteiger partial charge on any atom is -0.396 e. The van der Waals surface area contributed by atoms with E-state index in [9.17, 15) is 9.90 Å². The number of aliphatic hydroxyl groups excluding tert-OH is 1. The van der Waals surface area contributed by atoms with E-state index in [0.717, 1.165) is 47.1 Å². The van der Waals surface area contributed by atoms with E-state index in [2.05, 4.69) is 31.8 Å². The Morgan fingerprint density at radius 1 is 1.33 bits per heavy atom. The quantitative estimate of drug-likeness (QED) is 0.920. The van der Waals surface area contributed by atoms with Crippen LogP contribution in [0.25, 0.3) is 10.9 Å². The van der Waals surface area contributed by atoms with E-state index in [1.807, 2.05) is 24.0 Å². The molecule has 1 atom stereocenters. The first-order chi connectivity index (χ1) is 11.3. The Kier molecular flexibility index (Phi) is 4.35. The van der Waals surface area contributed by atoms with Gasteiger partial charge in [0.2, 0.25) is 0 Å². The Morgan fingerprint density at radius 2 is 2.08 bits per heavy atom. The molecule has 128 valence electrons. The lowest BCUT2D eigenvalue weighted by molar-refractivity contribution is 0.0359. The topological polar surface area (TPSA) is 53.4 Å². The summed E-state index contributed by atoms with van der Waals surface area (Å²) in [5.41, 5.74) is 4.62. The number of rotatable bonds is 2. The summed E-state index contributed by atoms with van der Waals surface area (Å²) < 4.78 is 0. The number of nitrogens with zero attached hydrogens (tertiary/aromatic N) is 2. The van der Waals surface area contributed by atoms with Crippen molar-refractivity contribution in [1.82, 2.24) is 9.88 Å². The fraction of sp³-hybridized carbons (Fsp3) is 0.500. The molecule has 1 aromatic heterocycles. The second-order valence-electron chi connectivity index (χ2n) is 7.51. The molecule has 4 heteroatoms. The maximum Gasteiger partial charge on any atom is 0.254 e. The number of aryl methyl sites for hydroxylation is 3. The molecule has 4 nitrogen and oxygen atoms in total. The first-order valence-corrected chi connectivity index (χ1v) is 8.62. The molecule has 0 spiro atoms. The SMILES string of the molecule is Cc1cc(C(=O)N2CCC[C@](C)(CO)C2)c2ccc(C)c(C)c2n1. The van der Waals surface area contributed by atoms with Crippen LogP contribution in [0.5, 0.6) is 0 Å². The van der Waals surface area contributed by atoms with Gasteiger partial charge in [-0.15, -0.1) is 0 Å². The molecule has 0 bridgehead atoms. The molecular formula is C20H26N2O2. The molecule has 1 aliphatic heterocycles. The van der Waals surface area contributed by atoms with Gasteiger partial charge in [-0.05, 0) is 50.8 Å². The minimum atomic E-state index is -0.196. The number of hydrogen-bond donors (Lipinski definition) is 1. The van der Waals surface area contributed by atoms with Crippen LogP contribution < -0.4 is 0 Å². The fourth-order valence-corrected chi connectivity index (χ4v) is 3.62. The van der Waals surface area contributed by atoms with Gasteiger partial charge in [-0.2, -0.15) is 0 Å².